The maximum absolute atomic E-state index is 5.82. The highest BCUT2D eigenvalue weighted by atomic mass is 16.5. The molecule has 0 aromatic rings. The molecule has 0 aromatic heterocycles. The van der Waals surface area contributed by atoms with Crippen LogP contribution < -0.4 is 5.73 Å². The van der Waals surface area contributed by atoms with Gasteiger partial charge < -0.3 is 15.4 Å². The van der Waals surface area contributed by atoms with Gasteiger partial charge in [-0.05, 0) is 12.8 Å². The fourth-order valence-corrected chi connectivity index (χ4v) is 2.75. The lowest BCUT2D eigenvalue weighted by molar-refractivity contribution is -0.0347. The van der Waals surface area contributed by atoms with E-state index in [1.807, 2.05) is 7.05 Å². The van der Waals surface area contributed by atoms with Gasteiger partial charge in [0.15, 0.2) is 5.96 Å². The Labute approximate surface area is 85.1 Å². The molecule has 0 saturated heterocycles. The van der Waals surface area contributed by atoms with Crippen LogP contribution in [0.25, 0.3) is 0 Å². The van der Waals surface area contributed by atoms with Crippen molar-refractivity contribution >= 4 is 5.96 Å². The van der Waals surface area contributed by atoms with Crippen molar-refractivity contribution in [2.24, 2.45) is 10.7 Å². The zero-order valence-electron chi connectivity index (χ0n) is 8.99. The van der Waals surface area contributed by atoms with Crippen molar-refractivity contribution in [3.8, 4) is 0 Å². The van der Waals surface area contributed by atoms with E-state index in [0.29, 0.717) is 5.96 Å². The summed E-state index contributed by atoms with van der Waals surface area (Å²) in [7, 11) is 3.82. The van der Waals surface area contributed by atoms with Gasteiger partial charge in [-0.2, -0.15) is 0 Å². The Morgan fingerprint density at radius 2 is 2.36 bits per heavy atom. The minimum atomic E-state index is 0.0527. The van der Waals surface area contributed by atoms with E-state index in [4.69, 9.17) is 10.5 Å². The predicted molar refractivity (Wildman–Crippen MR) is 56.2 cm³/mol. The van der Waals surface area contributed by atoms with Crippen LogP contribution in [0.4, 0.5) is 0 Å². The Morgan fingerprint density at radius 3 is 2.93 bits per heavy atom. The molecule has 80 valence electrons. The average Bonchev–Trinajstić information content (AvgIpc) is 2.49. The number of likely N-dealkylation sites (N-methyl/N-ethyl adjacent to an activating group) is 1. The minimum absolute atomic E-state index is 0.0527. The van der Waals surface area contributed by atoms with Crippen molar-refractivity contribution in [2.75, 3.05) is 20.7 Å². The standard InChI is InChI=1S/C10H19N3O/c1-13-9(11)12-7-10(13)6-4-3-5-8(10)14-2/h8H,3-7H2,1-2H3,(H2,11,12). The molecule has 1 spiro atoms. The van der Waals surface area contributed by atoms with Crippen molar-refractivity contribution < 1.29 is 4.74 Å². The first-order valence-corrected chi connectivity index (χ1v) is 5.27. The Bertz CT molecular complexity index is 254. The molecule has 1 saturated carbocycles. The van der Waals surface area contributed by atoms with E-state index in [-0.39, 0.29) is 11.6 Å². The number of hydrogen-bond donors (Lipinski definition) is 1. The summed E-state index contributed by atoms with van der Waals surface area (Å²) in [6.45, 7) is 0.799. The topological polar surface area (TPSA) is 50.9 Å². The van der Waals surface area contributed by atoms with Crippen LogP contribution in [0.15, 0.2) is 4.99 Å². The van der Waals surface area contributed by atoms with Crippen LogP contribution in [0.2, 0.25) is 0 Å². The largest absolute Gasteiger partial charge is 0.379 e. The molecule has 0 bridgehead atoms. The molecular formula is C10H19N3O. The van der Waals surface area contributed by atoms with Crippen molar-refractivity contribution in [3.63, 3.8) is 0 Å². The molecule has 4 heteroatoms. The number of nitrogens with zero attached hydrogens (tertiary/aromatic N) is 2. The van der Waals surface area contributed by atoms with Crippen LogP contribution in [-0.2, 0) is 4.74 Å². The third kappa shape index (κ3) is 1.21. The fourth-order valence-electron chi connectivity index (χ4n) is 2.75. The summed E-state index contributed by atoms with van der Waals surface area (Å²) in [5, 5.41) is 0. The van der Waals surface area contributed by atoms with E-state index in [0.717, 1.165) is 19.4 Å². The van der Waals surface area contributed by atoms with E-state index >= 15 is 0 Å². The molecule has 2 atom stereocenters. The summed E-state index contributed by atoms with van der Waals surface area (Å²) in [5.74, 6) is 0.661. The summed E-state index contributed by atoms with van der Waals surface area (Å²) >= 11 is 0. The number of nitrogens with two attached hydrogens (primary N) is 1. The van der Waals surface area contributed by atoms with Gasteiger partial charge in [0.05, 0.1) is 18.2 Å². The summed E-state index contributed by atoms with van der Waals surface area (Å²) < 4.78 is 5.58. The van der Waals surface area contributed by atoms with E-state index in [9.17, 15) is 0 Å². The first-order chi connectivity index (χ1) is 6.70. The lowest BCUT2D eigenvalue weighted by atomic mass is 9.78. The number of ether oxygens (including phenoxy) is 1. The summed E-state index contributed by atoms with van der Waals surface area (Å²) in [6, 6.07) is 0. The Morgan fingerprint density at radius 1 is 1.57 bits per heavy atom. The molecule has 2 rings (SSSR count). The van der Waals surface area contributed by atoms with E-state index in [1.54, 1.807) is 7.11 Å². The van der Waals surface area contributed by atoms with Gasteiger partial charge in [0.1, 0.15) is 0 Å². The highest BCUT2D eigenvalue weighted by Crippen LogP contribution is 2.37. The Hall–Kier alpha value is -0.770. The summed E-state index contributed by atoms with van der Waals surface area (Å²) in [5.41, 5.74) is 5.87. The van der Waals surface area contributed by atoms with Gasteiger partial charge in [0.25, 0.3) is 0 Å². The first kappa shape index (κ1) is 9.77. The SMILES string of the molecule is COC1CCCCC12CN=C(N)N2C. The molecule has 2 aliphatic rings. The maximum Gasteiger partial charge on any atom is 0.191 e. The molecule has 2 unspecified atom stereocenters. The lowest BCUT2D eigenvalue weighted by Crippen LogP contribution is -2.58. The van der Waals surface area contributed by atoms with Crippen LogP contribution >= 0.6 is 0 Å². The van der Waals surface area contributed by atoms with E-state index in [1.165, 1.54) is 12.8 Å². The van der Waals surface area contributed by atoms with Crippen LogP contribution in [0.3, 0.4) is 0 Å². The van der Waals surface area contributed by atoms with Gasteiger partial charge in [-0.1, -0.05) is 12.8 Å². The quantitative estimate of drug-likeness (QED) is 0.668. The smallest absolute Gasteiger partial charge is 0.191 e. The van der Waals surface area contributed by atoms with Crippen molar-refractivity contribution in [1.29, 1.82) is 0 Å². The van der Waals surface area contributed by atoms with Crippen LogP contribution in [0, 0.1) is 0 Å². The zero-order chi connectivity index (χ0) is 10.2. The number of hydrogen-bond acceptors (Lipinski definition) is 4. The molecule has 4 nitrogen and oxygen atoms in total. The molecule has 2 N–H and O–H groups in total. The van der Waals surface area contributed by atoms with Gasteiger partial charge in [0, 0.05) is 14.2 Å². The molecule has 1 aliphatic heterocycles. The molecule has 0 amide bonds. The minimum Gasteiger partial charge on any atom is -0.379 e. The summed E-state index contributed by atoms with van der Waals surface area (Å²) in [6.07, 6.45) is 5.07. The molecule has 1 heterocycles. The lowest BCUT2D eigenvalue weighted by Gasteiger charge is -2.45. The first-order valence-electron chi connectivity index (χ1n) is 5.27. The van der Waals surface area contributed by atoms with Crippen LogP contribution in [0.5, 0.6) is 0 Å². The van der Waals surface area contributed by atoms with E-state index in [2.05, 4.69) is 9.89 Å². The number of aliphatic imine (C=N–C) groups is 1. The molecule has 0 aromatic carbocycles. The van der Waals surface area contributed by atoms with Crippen LogP contribution in [0.1, 0.15) is 25.7 Å². The van der Waals surface area contributed by atoms with Crippen molar-refractivity contribution in [1.82, 2.24) is 4.90 Å². The van der Waals surface area contributed by atoms with Gasteiger partial charge >= 0.3 is 0 Å². The van der Waals surface area contributed by atoms with Crippen LogP contribution in [-0.4, -0.2) is 43.2 Å². The number of methoxy groups -OCH3 is 1. The Balaban J connectivity index is 2.21. The number of rotatable bonds is 1. The highest BCUT2D eigenvalue weighted by Gasteiger charge is 2.48. The Kier molecular flexibility index (Phi) is 2.39. The molecule has 0 radical (unpaired) electrons. The molecular weight excluding hydrogens is 178 g/mol. The van der Waals surface area contributed by atoms with Crippen molar-refractivity contribution in [3.05, 3.63) is 0 Å². The third-order valence-corrected chi connectivity index (χ3v) is 3.74. The van der Waals surface area contributed by atoms with E-state index < -0.39 is 0 Å². The van der Waals surface area contributed by atoms with Gasteiger partial charge in [-0.25, -0.2) is 0 Å². The maximum atomic E-state index is 5.82. The molecule has 1 fully saturated rings. The second-order valence-corrected chi connectivity index (χ2v) is 4.31. The third-order valence-electron chi connectivity index (χ3n) is 3.74. The monoisotopic (exact) mass is 197 g/mol. The second-order valence-electron chi connectivity index (χ2n) is 4.31. The van der Waals surface area contributed by atoms with Gasteiger partial charge in [-0.3, -0.25) is 4.99 Å². The highest BCUT2D eigenvalue weighted by molar-refractivity contribution is 5.80. The normalized spacial score (nSPS) is 37.7. The fraction of sp³-hybridized carbons (Fsp3) is 0.900. The van der Waals surface area contributed by atoms with Gasteiger partial charge in [0.2, 0.25) is 0 Å². The van der Waals surface area contributed by atoms with Crippen molar-refractivity contribution in [2.45, 2.75) is 37.3 Å². The second kappa shape index (κ2) is 3.42. The zero-order valence-corrected chi connectivity index (χ0v) is 8.99. The average molecular weight is 197 g/mol. The molecule has 1 aliphatic carbocycles. The van der Waals surface area contributed by atoms with Gasteiger partial charge in [-0.15, -0.1) is 0 Å². The predicted octanol–water partition coefficient (Wildman–Crippen LogP) is 0.574. The molecule has 14 heavy (non-hydrogen) atoms. The summed E-state index contributed by atoms with van der Waals surface area (Å²) in [4.78, 5) is 6.44. The number of guanidine groups is 1.